The summed E-state index contributed by atoms with van der Waals surface area (Å²) in [5.41, 5.74) is 3.36. The number of nitrogens with zero attached hydrogens (tertiary/aromatic N) is 1. The zero-order valence-corrected chi connectivity index (χ0v) is 9.69. The lowest BCUT2D eigenvalue weighted by Gasteiger charge is -2.10. The van der Waals surface area contributed by atoms with E-state index in [1.807, 2.05) is 0 Å². The Morgan fingerprint density at radius 3 is 2.82 bits per heavy atom. The summed E-state index contributed by atoms with van der Waals surface area (Å²) in [5.74, 6) is 4.70. The Hall–Kier alpha value is -1.46. The molecule has 5 nitrogen and oxygen atoms in total. The third-order valence-corrected chi connectivity index (χ3v) is 2.99. The van der Waals surface area contributed by atoms with Gasteiger partial charge in [0, 0.05) is 6.20 Å². The van der Waals surface area contributed by atoms with Gasteiger partial charge in [-0.05, 0) is 25.0 Å². The van der Waals surface area contributed by atoms with Gasteiger partial charge in [0.05, 0.1) is 24.0 Å². The van der Waals surface area contributed by atoms with E-state index in [1.54, 1.807) is 12.1 Å². The molecule has 0 bridgehead atoms. The molecule has 5 heteroatoms. The van der Waals surface area contributed by atoms with Crippen molar-refractivity contribution in [2.45, 2.75) is 38.4 Å². The number of carbonyl (C=O) groups is 1. The van der Waals surface area contributed by atoms with Crippen LogP contribution < -0.4 is 11.3 Å². The van der Waals surface area contributed by atoms with Crippen LogP contribution in [0.5, 0.6) is 0 Å². The first-order valence-electron chi connectivity index (χ1n) is 5.87. The number of pyridine rings is 1. The number of hydrogen-bond donors (Lipinski definition) is 2. The van der Waals surface area contributed by atoms with Crippen molar-refractivity contribution in [1.82, 2.24) is 10.4 Å². The summed E-state index contributed by atoms with van der Waals surface area (Å²) in [6.07, 6.45) is 6.70. The molecule has 1 saturated carbocycles. The number of rotatable bonds is 4. The first kappa shape index (κ1) is 12.0. The number of hydrogen-bond acceptors (Lipinski definition) is 4. The standard InChI is InChI=1S/C12H17N3O2/c13-15-12(16)9-5-6-10(14-7-9)8-17-11-3-1-2-4-11/h5-7,11H,1-4,8,13H2,(H,15,16). The van der Waals surface area contributed by atoms with Crippen LogP contribution in [0, 0.1) is 0 Å². The fourth-order valence-corrected chi connectivity index (χ4v) is 1.99. The minimum Gasteiger partial charge on any atom is -0.372 e. The molecule has 0 aromatic carbocycles. The summed E-state index contributed by atoms with van der Waals surface area (Å²) < 4.78 is 5.73. The second-order valence-corrected chi connectivity index (χ2v) is 4.23. The molecule has 0 radical (unpaired) electrons. The van der Waals surface area contributed by atoms with Crippen molar-refractivity contribution < 1.29 is 9.53 Å². The molecule has 0 saturated heterocycles. The molecule has 0 atom stereocenters. The van der Waals surface area contributed by atoms with Crippen LogP contribution in [0.15, 0.2) is 18.3 Å². The summed E-state index contributed by atoms with van der Waals surface area (Å²) in [4.78, 5) is 15.4. The Labute approximate surface area is 100 Å². The maximum Gasteiger partial charge on any atom is 0.266 e. The molecular weight excluding hydrogens is 218 g/mol. The molecule has 92 valence electrons. The van der Waals surface area contributed by atoms with Crippen LogP contribution in [-0.2, 0) is 11.3 Å². The van der Waals surface area contributed by atoms with Crippen LogP contribution in [0.2, 0.25) is 0 Å². The molecule has 1 fully saturated rings. The van der Waals surface area contributed by atoms with Gasteiger partial charge in [0.1, 0.15) is 0 Å². The SMILES string of the molecule is NNC(=O)c1ccc(COC2CCCC2)nc1. The fraction of sp³-hybridized carbons (Fsp3) is 0.500. The highest BCUT2D eigenvalue weighted by Crippen LogP contribution is 2.21. The Morgan fingerprint density at radius 2 is 2.24 bits per heavy atom. The van der Waals surface area contributed by atoms with Crippen LogP contribution in [0.25, 0.3) is 0 Å². The third-order valence-electron chi connectivity index (χ3n) is 2.99. The zero-order chi connectivity index (χ0) is 12.1. The van der Waals surface area contributed by atoms with Gasteiger partial charge in [-0.3, -0.25) is 15.2 Å². The first-order valence-corrected chi connectivity index (χ1v) is 5.87. The molecule has 1 heterocycles. The largest absolute Gasteiger partial charge is 0.372 e. The molecule has 0 unspecified atom stereocenters. The molecular formula is C12H17N3O2. The lowest BCUT2D eigenvalue weighted by molar-refractivity contribution is 0.0437. The number of ether oxygens (including phenoxy) is 1. The van der Waals surface area contributed by atoms with E-state index in [-0.39, 0.29) is 5.91 Å². The van der Waals surface area contributed by atoms with E-state index in [9.17, 15) is 4.79 Å². The number of amides is 1. The topological polar surface area (TPSA) is 77.2 Å². The van der Waals surface area contributed by atoms with Gasteiger partial charge in [0.25, 0.3) is 5.91 Å². The van der Waals surface area contributed by atoms with Crippen molar-refractivity contribution in [1.29, 1.82) is 0 Å². The van der Waals surface area contributed by atoms with Gasteiger partial charge in [-0.1, -0.05) is 12.8 Å². The lowest BCUT2D eigenvalue weighted by Crippen LogP contribution is -2.30. The van der Waals surface area contributed by atoms with E-state index >= 15 is 0 Å². The summed E-state index contributed by atoms with van der Waals surface area (Å²) in [6, 6.07) is 3.49. The summed E-state index contributed by atoms with van der Waals surface area (Å²) in [7, 11) is 0. The van der Waals surface area contributed by atoms with Crippen LogP contribution in [0.4, 0.5) is 0 Å². The van der Waals surface area contributed by atoms with E-state index in [1.165, 1.54) is 19.0 Å². The monoisotopic (exact) mass is 235 g/mol. The van der Waals surface area contributed by atoms with Crippen molar-refractivity contribution in [2.24, 2.45) is 5.84 Å². The van der Waals surface area contributed by atoms with Crippen molar-refractivity contribution in [2.75, 3.05) is 0 Å². The minimum atomic E-state index is -0.333. The lowest BCUT2D eigenvalue weighted by atomic mass is 10.2. The smallest absolute Gasteiger partial charge is 0.266 e. The summed E-state index contributed by atoms with van der Waals surface area (Å²) >= 11 is 0. The Morgan fingerprint density at radius 1 is 1.47 bits per heavy atom. The van der Waals surface area contributed by atoms with Crippen molar-refractivity contribution in [3.63, 3.8) is 0 Å². The molecule has 0 spiro atoms. The van der Waals surface area contributed by atoms with Gasteiger partial charge in [-0.15, -0.1) is 0 Å². The number of carbonyl (C=O) groups excluding carboxylic acids is 1. The predicted molar refractivity (Wildman–Crippen MR) is 62.9 cm³/mol. The van der Waals surface area contributed by atoms with Crippen molar-refractivity contribution >= 4 is 5.91 Å². The van der Waals surface area contributed by atoms with E-state index in [0.29, 0.717) is 18.3 Å². The highest BCUT2D eigenvalue weighted by molar-refractivity contribution is 5.93. The molecule has 1 aromatic rings. The van der Waals surface area contributed by atoms with Crippen LogP contribution in [0.3, 0.4) is 0 Å². The number of nitrogens with one attached hydrogen (secondary N) is 1. The number of nitrogens with two attached hydrogens (primary N) is 1. The molecule has 3 N–H and O–H groups in total. The zero-order valence-electron chi connectivity index (χ0n) is 9.69. The number of hydrazine groups is 1. The highest BCUT2D eigenvalue weighted by atomic mass is 16.5. The Bertz CT molecular complexity index is 372. The molecule has 0 aliphatic heterocycles. The number of nitrogen functional groups attached to an aromatic ring is 1. The molecule has 1 aromatic heterocycles. The summed E-state index contributed by atoms with van der Waals surface area (Å²) in [5, 5.41) is 0. The Kier molecular flexibility index (Phi) is 4.06. The van der Waals surface area contributed by atoms with Crippen molar-refractivity contribution in [3.8, 4) is 0 Å². The van der Waals surface area contributed by atoms with E-state index in [0.717, 1.165) is 18.5 Å². The normalized spacial score (nSPS) is 16.1. The second-order valence-electron chi connectivity index (χ2n) is 4.23. The molecule has 1 amide bonds. The van der Waals surface area contributed by atoms with Gasteiger partial charge in [0.2, 0.25) is 0 Å². The predicted octanol–water partition coefficient (Wildman–Crippen LogP) is 1.14. The van der Waals surface area contributed by atoms with Crippen LogP contribution >= 0.6 is 0 Å². The van der Waals surface area contributed by atoms with E-state index in [4.69, 9.17) is 10.6 Å². The van der Waals surface area contributed by atoms with Gasteiger partial charge in [-0.2, -0.15) is 0 Å². The summed E-state index contributed by atoms with van der Waals surface area (Å²) in [6.45, 7) is 0.509. The maximum atomic E-state index is 11.2. The van der Waals surface area contributed by atoms with E-state index < -0.39 is 0 Å². The van der Waals surface area contributed by atoms with Gasteiger partial charge < -0.3 is 4.74 Å². The van der Waals surface area contributed by atoms with Gasteiger partial charge >= 0.3 is 0 Å². The van der Waals surface area contributed by atoms with Gasteiger partial charge in [0.15, 0.2) is 0 Å². The maximum absolute atomic E-state index is 11.2. The highest BCUT2D eigenvalue weighted by Gasteiger charge is 2.15. The molecule has 2 rings (SSSR count). The van der Waals surface area contributed by atoms with Crippen LogP contribution in [0.1, 0.15) is 41.7 Å². The van der Waals surface area contributed by atoms with E-state index in [2.05, 4.69) is 10.4 Å². The average Bonchev–Trinajstić information content (AvgIpc) is 2.89. The van der Waals surface area contributed by atoms with Crippen molar-refractivity contribution in [3.05, 3.63) is 29.6 Å². The number of aromatic nitrogens is 1. The quantitative estimate of drug-likeness (QED) is 0.466. The molecule has 1 aliphatic rings. The average molecular weight is 235 g/mol. The second kappa shape index (κ2) is 5.75. The minimum absolute atomic E-state index is 0.333. The fourth-order valence-electron chi connectivity index (χ4n) is 1.99. The Balaban J connectivity index is 1.87. The van der Waals surface area contributed by atoms with Crippen LogP contribution in [-0.4, -0.2) is 17.0 Å². The molecule has 1 aliphatic carbocycles. The molecule has 17 heavy (non-hydrogen) atoms. The third kappa shape index (κ3) is 3.25. The first-order chi connectivity index (χ1) is 8.29. The van der Waals surface area contributed by atoms with Gasteiger partial charge in [-0.25, -0.2) is 5.84 Å².